The molecule has 0 aromatic heterocycles. The zero-order chi connectivity index (χ0) is 13.1. The summed E-state index contributed by atoms with van der Waals surface area (Å²) in [5, 5.41) is 19.4. The molecule has 0 spiro atoms. The standard InChI is InChI=1S/C14H19NO2/c1-14(2,3)13(16)12(9-15)10-6-5-7-11(8-10)17-4/h5-8,12-13,16H,1-4H3. The first-order chi connectivity index (χ1) is 7.90. The molecule has 0 radical (unpaired) electrons. The van der Waals surface area contributed by atoms with Gasteiger partial charge >= 0.3 is 0 Å². The minimum absolute atomic E-state index is 0.330. The fourth-order valence-electron chi connectivity index (χ4n) is 1.66. The van der Waals surface area contributed by atoms with E-state index in [1.165, 1.54) is 0 Å². The Morgan fingerprint density at radius 3 is 2.47 bits per heavy atom. The van der Waals surface area contributed by atoms with Gasteiger partial charge in [0.2, 0.25) is 0 Å². The van der Waals surface area contributed by atoms with Gasteiger partial charge in [-0.05, 0) is 23.1 Å². The molecule has 2 atom stereocenters. The summed E-state index contributed by atoms with van der Waals surface area (Å²) in [5.74, 6) is 0.161. The van der Waals surface area contributed by atoms with Gasteiger partial charge in [0.1, 0.15) is 5.75 Å². The molecule has 0 heterocycles. The van der Waals surface area contributed by atoms with Gasteiger partial charge in [0.05, 0.1) is 25.2 Å². The fraction of sp³-hybridized carbons (Fsp3) is 0.500. The molecule has 0 saturated carbocycles. The van der Waals surface area contributed by atoms with Crippen LogP contribution in [0.25, 0.3) is 0 Å². The zero-order valence-corrected chi connectivity index (χ0v) is 10.8. The number of aliphatic hydroxyl groups is 1. The SMILES string of the molecule is COc1cccc(C(C#N)C(O)C(C)(C)C)c1. The van der Waals surface area contributed by atoms with Gasteiger partial charge in [-0.2, -0.15) is 5.26 Å². The van der Waals surface area contributed by atoms with Crippen LogP contribution in [0.4, 0.5) is 0 Å². The highest BCUT2D eigenvalue weighted by atomic mass is 16.5. The van der Waals surface area contributed by atoms with Crippen molar-refractivity contribution in [3.63, 3.8) is 0 Å². The van der Waals surface area contributed by atoms with Crippen molar-refractivity contribution in [3.8, 4) is 11.8 Å². The van der Waals surface area contributed by atoms with Crippen molar-refractivity contribution in [1.29, 1.82) is 5.26 Å². The summed E-state index contributed by atoms with van der Waals surface area (Å²) < 4.78 is 5.12. The Morgan fingerprint density at radius 1 is 1.35 bits per heavy atom. The number of rotatable bonds is 3. The van der Waals surface area contributed by atoms with Crippen molar-refractivity contribution in [2.45, 2.75) is 32.8 Å². The highest BCUT2D eigenvalue weighted by molar-refractivity contribution is 5.34. The van der Waals surface area contributed by atoms with E-state index in [9.17, 15) is 10.4 Å². The number of hydrogen-bond acceptors (Lipinski definition) is 3. The molecule has 0 amide bonds. The molecule has 92 valence electrons. The number of methoxy groups -OCH3 is 1. The normalized spacial score (nSPS) is 14.8. The van der Waals surface area contributed by atoms with Crippen LogP contribution in [0, 0.1) is 16.7 Å². The number of hydrogen-bond donors (Lipinski definition) is 1. The predicted octanol–water partition coefficient (Wildman–Crippen LogP) is 2.71. The van der Waals surface area contributed by atoms with Crippen LogP contribution in [-0.2, 0) is 0 Å². The minimum Gasteiger partial charge on any atom is -0.497 e. The number of benzene rings is 1. The molecule has 1 rings (SSSR count). The van der Waals surface area contributed by atoms with E-state index < -0.39 is 12.0 Å². The summed E-state index contributed by atoms with van der Waals surface area (Å²) in [6, 6.07) is 9.45. The molecular formula is C14H19NO2. The van der Waals surface area contributed by atoms with Crippen molar-refractivity contribution in [2.24, 2.45) is 5.41 Å². The Balaban J connectivity index is 3.06. The van der Waals surface area contributed by atoms with E-state index in [1.807, 2.05) is 39.0 Å². The first-order valence-electron chi connectivity index (χ1n) is 5.61. The molecular weight excluding hydrogens is 214 g/mol. The molecule has 3 nitrogen and oxygen atoms in total. The maximum absolute atomic E-state index is 10.2. The van der Waals surface area contributed by atoms with Crippen molar-refractivity contribution in [2.75, 3.05) is 7.11 Å². The third-order valence-electron chi connectivity index (χ3n) is 2.80. The zero-order valence-electron chi connectivity index (χ0n) is 10.8. The average Bonchev–Trinajstić information content (AvgIpc) is 2.29. The lowest BCUT2D eigenvalue weighted by atomic mass is 9.79. The highest BCUT2D eigenvalue weighted by Gasteiger charge is 2.31. The molecule has 0 aliphatic rings. The molecule has 2 unspecified atom stereocenters. The molecule has 1 aromatic rings. The van der Waals surface area contributed by atoms with Crippen molar-refractivity contribution >= 4 is 0 Å². The molecule has 0 aliphatic heterocycles. The maximum Gasteiger partial charge on any atom is 0.119 e. The first kappa shape index (κ1) is 13.5. The van der Waals surface area contributed by atoms with E-state index in [0.29, 0.717) is 5.75 Å². The van der Waals surface area contributed by atoms with E-state index in [0.717, 1.165) is 5.56 Å². The van der Waals surface area contributed by atoms with Crippen LogP contribution in [0.3, 0.4) is 0 Å². The van der Waals surface area contributed by atoms with E-state index in [-0.39, 0.29) is 5.41 Å². The van der Waals surface area contributed by atoms with Gasteiger partial charge in [-0.25, -0.2) is 0 Å². The molecule has 0 aliphatic carbocycles. The lowest BCUT2D eigenvalue weighted by Crippen LogP contribution is -2.31. The lowest BCUT2D eigenvalue weighted by Gasteiger charge is -2.29. The summed E-state index contributed by atoms with van der Waals surface area (Å²) in [7, 11) is 1.58. The largest absolute Gasteiger partial charge is 0.497 e. The van der Waals surface area contributed by atoms with Crippen LogP contribution in [0.2, 0.25) is 0 Å². The Kier molecular flexibility index (Phi) is 4.14. The molecule has 0 bridgehead atoms. The molecule has 0 saturated heterocycles. The molecule has 0 fully saturated rings. The third kappa shape index (κ3) is 3.21. The van der Waals surface area contributed by atoms with Gasteiger partial charge in [0, 0.05) is 0 Å². The molecule has 3 heteroatoms. The Hall–Kier alpha value is -1.53. The van der Waals surface area contributed by atoms with Gasteiger partial charge in [0.25, 0.3) is 0 Å². The van der Waals surface area contributed by atoms with Crippen LogP contribution in [0.15, 0.2) is 24.3 Å². The number of nitrogens with zero attached hydrogens (tertiary/aromatic N) is 1. The van der Waals surface area contributed by atoms with Gasteiger partial charge in [-0.15, -0.1) is 0 Å². The van der Waals surface area contributed by atoms with Crippen molar-refractivity contribution in [1.82, 2.24) is 0 Å². The summed E-state index contributed by atoms with van der Waals surface area (Å²) in [5.41, 5.74) is 0.456. The van der Waals surface area contributed by atoms with Crippen molar-refractivity contribution < 1.29 is 9.84 Å². The fourth-order valence-corrected chi connectivity index (χ4v) is 1.66. The lowest BCUT2D eigenvalue weighted by molar-refractivity contribution is 0.0527. The Morgan fingerprint density at radius 2 is 2.00 bits per heavy atom. The highest BCUT2D eigenvalue weighted by Crippen LogP contribution is 2.32. The van der Waals surface area contributed by atoms with Crippen LogP contribution in [0.5, 0.6) is 5.75 Å². The van der Waals surface area contributed by atoms with Gasteiger partial charge in [-0.1, -0.05) is 32.9 Å². The van der Waals surface area contributed by atoms with Crippen LogP contribution in [0.1, 0.15) is 32.3 Å². The average molecular weight is 233 g/mol. The third-order valence-corrected chi connectivity index (χ3v) is 2.80. The number of aliphatic hydroxyl groups excluding tert-OH is 1. The maximum atomic E-state index is 10.2. The summed E-state index contributed by atoms with van der Waals surface area (Å²) in [6.07, 6.45) is -0.709. The van der Waals surface area contributed by atoms with E-state index in [2.05, 4.69) is 6.07 Å². The Bertz CT molecular complexity index is 415. The van der Waals surface area contributed by atoms with E-state index in [1.54, 1.807) is 13.2 Å². The second-order valence-corrected chi connectivity index (χ2v) is 5.19. The quantitative estimate of drug-likeness (QED) is 0.873. The summed E-state index contributed by atoms with van der Waals surface area (Å²) >= 11 is 0. The summed E-state index contributed by atoms with van der Waals surface area (Å²) in [6.45, 7) is 5.76. The summed E-state index contributed by atoms with van der Waals surface area (Å²) in [4.78, 5) is 0. The van der Waals surface area contributed by atoms with E-state index >= 15 is 0 Å². The van der Waals surface area contributed by atoms with E-state index in [4.69, 9.17) is 4.74 Å². The topological polar surface area (TPSA) is 53.2 Å². The molecule has 1 aromatic carbocycles. The second kappa shape index (κ2) is 5.20. The van der Waals surface area contributed by atoms with Gasteiger partial charge in [-0.3, -0.25) is 0 Å². The number of nitriles is 1. The monoisotopic (exact) mass is 233 g/mol. The van der Waals surface area contributed by atoms with Gasteiger partial charge in [0.15, 0.2) is 0 Å². The first-order valence-corrected chi connectivity index (χ1v) is 5.61. The Labute approximate surface area is 103 Å². The predicted molar refractivity (Wildman–Crippen MR) is 66.8 cm³/mol. The van der Waals surface area contributed by atoms with Crippen LogP contribution in [-0.4, -0.2) is 18.3 Å². The second-order valence-electron chi connectivity index (χ2n) is 5.19. The molecule has 1 N–H and O–H groups in total. The smallest absolute Gasteiger partial charge is 0.119 e. The number of ether oxygens (including phenoxy) is 1. The molecule has 17 heavy (non-hydrogen) atoms. The van der Waals surface area contributed by atoms with Gasteiger partial charge < -0.3 is 9.84 Å². The van der Waals surface area contributed by atoms with Crippen molar-refractivity contribution in [3.05, 3.63) is 29.8 Å². The minimum atomic E-state index is -0.709. The van der Waals surface area contributed by atoms with Crippen LogP contribution >= 0.6 is 0 Å². The van der Waals surface area contributed by atoms with Crippen LogP contribution < -0.4 is 4.74 Å².